The van der Waals surface area contributed by atoms with E-state index in [1.165, 1.54) is 0 Å². The molecule has 0 aromatic carbocycles. The fourth-order valence-electron chi connectivity index (χ4n) is 1.23. The molecule has 0 saturated carbocycles. The molecule has 0 aliphatic heterocycles. The van der Waals surface area contributed by atoms with Crippen molar-refractivity contribution in [2.45, 2.75) is 18.3 Å². The first-order valence-electron chi connectivity index (χ1n) is 4.52. The van der Waals surface area contributed by atoms with Crippen molar-refractivity contribution in [1.29, 1.82) is 0 Å². The number of rotatable bonds is 2. The van der Waals surface area contributed by atoms with Gasteiger partial charge < -0.3 is 4.52 Å². The number of aromatic amines is 1. The summed E-state index contributed by atoms with van der Waals surface area (Å²) in [6.45, 7) is 0. The molecule has 0 amide bonds. The summed E-state index contributed by atoms with van der Waals surface area (Å²) in [5, 5.41) is 8.51. The Balaban J connectivity index is 2.40. The van der Waals surface area contributed by atoms with Crippen LogP contribution in [0.2, 0.25) is 0 Å². The van der Waals surface area contributed by atoms with Gasteiger partial charge in [0.15, 0.2) is 5.82 Å². The molecule has 104 valence electrons. The van der Waals surface area contributed by atoms with Gasteiger partial charge in [0.2, 0.25) is 17.6 Å². The number of aromatic nitrogens is 5. The van der Waals surface area contributed by atoms with E-state index in [-0.39, 0.29) is 5.82 Å². The van der Waals surface area contributed by atoms with E-state index in [1.807, 2.05) is 0 Å². The second-order valence-electron chi connectivity index (χ2n) is 3.31. The van der Waals surface area contributed by atoms with E-state index in [4.69, 9.17) is 0 Å². The molecule has 0 fully saturated rings. The van der Waals surface area contributed by atoms with Crippen LogP contribution in [0.4, 0.5) is 26.3 Å². The number of hydrogen-bond acceptors (Lipinski definition) is 5. The standard InChI is InChI=1S/C7H3F6N5O/c8-6(9,10)2(7(11,12)13)5-16-4(18-19-5)3-14-1-15-17-3/h1-2H,(H,14,15,17). The molecule has 2 aromatic heterocycles. The van der Waals surface area contributed by atoms with E-state index in [1.54, 1.807) is 0 Å². The normalized spacial score (nSPS) is 13.2. The molecule has 0 radical (unpaired) electrons. The third-order valence-electron chi connectivity index (χ3n) is 1.97. The molecule has 0 aliphatic rings. The van der Waals surface area contributed by atoms with Crippen LogP contribution in [-0.4, -0.2) is 37.7 Å². The van der Waals surface area contributed by atoms with Gasteiger partial charge >= 0.3 is 12.4 Å². The van der Waals surface area contributed by atoms with Gasteiger partial charge in [0.05, 0.1) is 0 Å². The van der Waals surface area contributed by atoms with Crippen molar-refractivity contribution in [3.05, 3.63) is 12.2 Å². The average Bonchev–Trinajstić information content (AvgIpc) is 2.80. The van der Waals surface area contributed by atoms with E-state index in [0.29, 0.717) is 0 Å². The van der Waals surface area contributed by atoms with Gasteiger partial charge in [-0.15, -0.1) is 0 Å². The predicted molar refractivity (Wildman–Crippen MR) is 44.5 cm³/mol. The first-order valence-corrected chi connectivity index (χ1v) is 4.52. The Hall–Kier alpha value is -2.14. The molecule has 12 heteroatoms. The number of hydrogen-bond donors (Lipinski definition) is 1. The van der Waals surface area contributed by atoms with Gasteiger partial charge in [-0.05, 0) is 0 Å². The lowest BCUT2D eigenvalue weighted by Gasteiger charge is -2.18. The van der Waals surface area contributed by atoms with E-state index in [9.17, 15) is 26.3 Å². The van der Waals surface area contributed by atoms with Gasteiger partial charge in [0, 0.05) is 0 Å². The molecule has 0 bridgehead atoms. The lowest BCUT2D eigenvalue weighted by atomic mass is 10.1. The minimum absolute atomic E-state index is 0.210. The Morgan fingerprint density at radius 1 is 1.11 bits per heavy atom. The summed E-state index contributed by atoms with van der Waals surface area (Å²) < 4.78 is 78.2. The first kappa shape index (κ1) is 13.3. The highest BCUT2D eigenvalue weighted by Crippen LogP contribution is 2.45. The third-order valence-corrected chi connectivity index (χ3v) is 1.97. The molecule has 0 spiro atoms. The van der Waals surface area contributed by atoms with Crippen LogP contribution >= 0.6 is 0 Å². The molecule has 0 unspecified atom stereocenters. The minimum Gasteiger partial charge on any atom is -0.338 e. The summed E-state index contributed by atoms with van der Waals surface area (Å²) in [5.74, 6) is -6.21. The van der Waals surface area contributed by atoms with Crippen LogP contribution in [0.5, 0.6) is 0 Å². The second kappa shape index (κ2) is 4.20. The van der Waals surface area contributed by atoms with E-state index in [0.717, 1.165) is 6.33 Å². The van der Waals surface area contributed by atoms with E-state index >= 15 is 0 Å². The van der Waals surface area contributed by atoms with Crippen molar-refractivity contribution < 1.29 is 30.9 Å². The Morgan fingerprint density at radius 3 is 2.21 bits per heavy atom. The molecule has 1 N–H and O–H groups in total. The Bertz CT molecular complexity index is 529. The maximum Gasteiger partial charge on any atom is 0.409 e. The average molecular weight is 287 g/mol. The quantitative estimate of drug-likeness (QED) is 0.855. The largest absolute Gasteiger partial charge is 0.409 e. The Morgan fingerprint density at radius 2 is 1.74 bits per heavy atom. The summed E-state index contributed by atoms with van der Waals surface area (Å²) in [6, 6.07) is 0. The number of halogens is 6. The van der Waals surface area contributed by atoms with Crippen molar-refractivity contribution in [2.24, 2.45) is 0 Å². The lowest BCUT2D eigenvalue weighted by Crippen LogP contribution is -2.34. The van der Waals surface area contributed by atoms with Crippen molar-refractivity contribution >= 4 is 0 Å². The maximum atomic E-state index is 12.4. The van der Waals surface area contributed by atoms with Crippen LogP contribution in [0.3, 0.4) is 0 Å². The highest BCUT2D eigenvalue weighted by atomic mass is 19.4. The fraction of sp³-hybridized carbons (Fsp3) is 0.429. The molecule has 0 saturated heterocycles. The van der Waals surface area contributed by atoms with Crippen LogP contribution in [0, 0.1) is 0 Å². The van der Waals surface area contributed by atoms with Gasteiger partial charge in [0.25, 0.3) is 0 Å². The fourth-order valence-corrected chi connectivity index (χ4v) is 1.23. The smallest absolute Gasteiger partial charge is 0.338 e. The predicted octanol–water partition coefficient (Wildman–Crippen LogP) is 2.06. The van der Waals surface area contributed by atoms with Gasteiger partial charge in [-0.3, -0.25) is 5.10 Å². The third kappa shape index (κ3) is 2.66. The summed E-state index contributed by atoms with van der Waals surface area (Å²) in [7, 11) is 0. The molecule has 2 aromatic rings. The Kier molecular flexibility index (Phi) is 2.94. The molecule has 19 heavy (non-hydrogen) atoms. The van der Waals surface area contributed by atoms with Gasteiger partial charge in [-0.1, -0.05) is 5.16 Å². The summed E-state index contributed by atoms with van der Waals surface area (Å²) in [5.41, 5.74) is 0. The van der Waals surface area contributed by atoms with Gasteiger partial charge in [-0.2, -0.15) is 36.4 Å². The number of H-pyrrole nitrogens is 1. The van der Waals surface area contributed by atoms with Gasteiger partial charge in [-0.25, -0.2) is 4.98 Å². The second-order valence-corrected chi connectivity index (χ2v) is 3.31. The van der Waals surface area contributed by atoms with Crippen LogP contribution in [0.25, 0.3) is 11.6 Å². The zero-order valence-electron chi connectivity index (χ0n) is 8.62. The molecule has 0 aliphatic carbocycles. The molecular formula is C7H3F6N5O. The highest BCUT2D eigenvalue weighted by molar-refractivity contribution is 5.39. The van der Waals surface area contributed by atoms with Crippen LogP contribution in [0.15, 0.2) is 10.9 Å². The van der Waals surface area contributed by atoms with Crippen molar-refractivity contribution in [1.82, 2.24) is 25.3 Å². The summed E-state index contributed by atoms with van der Waals surface area (Å²) in [6.07, 6.45) is -10.2. The summed E-state index contributed by atoms with van der Waals surface area (Å²) >= 11 is 0. The number of nitrogens with one attached hydrogen (secondary N) is 1. The minimum atomic E-state index is -5.59. The maximum absolute atomic E-state index is 12.4. The monoisotopic (exact) mass is 287 g/mol. The summed E-state index contributed by atoms with van der Waals surface area (Å²) in [4.78, 5) is 6.50. The van der Waals surface area contributed by atoms with Crippen LogP contribution < -0.4 is 0 Å². The topological polar surface area (TPSA) is 80.5 Å². The highest BCUT2D eigenvalue weighted by Gasteiger charge is 2.60. The lowest BCUT2D eigenvalue weighted by molar-refractivity contribution is -0.259. The zero-order valence-corrected chi connectivity index (χ0v) is 8.62. The molecule has 6 nitrogen and oxygen atoms in total. The SMILES string of the molecule is FC(F)(F)C(c1nc(-c2ncn[nH]2)no1)C(F)(F)F. The van der Waals surface area contributed by atoms with E-state index in [2.05, 4.69) is 29.8 Å². The zero-order chi connectivity index (χ0) is 14.3. The van der Waals surface area contributed by atoms with E-state index < -0.39 is 30.0 Å². The van der Waals surface area contributed by atoms with Gasteiger partial charge in [0.1, 0.15) is 6.33 Å². The van der Waals surface area contributed by atoms with Crippen molar-refractivity contribution in [3.8, 4) is 11.6 Å². The van der Waals surface area contributed by atoms with Crippen LogP contribution in [0.1, 0.15) is 11.8 Å². The Labute approximate surface area is 99.4 Å². The van der Waals surface area contributed by atoms with Crippen molar-refractivity contribution in [3.63, 3.8) is 0 Å². The van der Waals surface area contributed by atoms with Crippen molar-refractivity contribution in [2.75, 3.05) is 0 Å². The molecule has 2 rings (SSSR count). The molecule has 0 atom stereocenters. The molecular weight excluding hydrogens is 284 g/mol. The number of alkyl halides is 6. The van der Waals surface area contributed by atoms with Crippen LogP contribution in [-0.2, 0) is 0 Å². The first-order chi connectivity index (χ1) is 8.69. The molecule has 2 heterocycles. The number of nitrogens with zero attached hydrogens (tertiary/aromatic N) is 4.